The molecular formula is C22H24N4O. The van der Waals surface area contributed by atoms with E-state index in [1.807, 2.05) is 50.2 Å². The Hall–Kier alpha value is -3.21. The van der Waals surface area contributed by atoms with E-state index < -0.39 is 0 Å². The minimum Gasteiger partial charge on any atom is -0.370 e. The fourth-order valence-corrected chi connectivity index (χ4v) is 2.81. The summed E-state index contributed by atoms with van der Waals surface area (Å²) in [5.74, 6) is 0.982. The van der Waals surface area contributed by atoms with E-state index in [0.717, 1.165) is 29.8 Å². The van der Waals surface area contributed by atoms with Crippen LogP contribution in [0.2, 0.25) is 0 Å². The van der Waals surface area contributed by atoms with E-state index in [1.165, 1.54) is 5.56 Å². The molecule has 1 aromatic heterocycles. The summed E-state index contributed by atoms with van der Waals surface area (Å²) in [5, 5.41) is 6.23. The first-order valence-corrected chi connectivity index (χ1v) is 9.03. The monoisotopic (exact) mass is 360 g/mol. The van der Waals surface area contributed by atoms with Crippen LogP contribution in [0.25, 0.3) is 0 Å². The van der Waals surface area contributed by atoms with Crippen molar-refractivity contribution in [1.29, 1.82) is 0 Å². The number of carbonyl (C=O) groups excluding carboxylic acids is 1. The van der Waals surface area contributed by atoms with Gasteiger partial charge in [-0.25, -0.2) is 9.97 Å². The van der Waals surface area contributed by atoms with Crippen molar-refractivity contribution in [3.63, 3.8) is 0 Å². The van der Waals surface area contributed by atoms with Crippen LogP contribution >= 0.6 is 0 Å². The molecule has 3 rings (SSSR count). The Kier molecular flexibility index (Phi) is 5.81. The average molecular weight is 360 g/mol. The summed E-state index contributed by atoms with van der Waals surface area (Å²) in [5.41, 5.74) is 4.52. The number of anilines is 2. The van der Waals surface area contributed by atoms with Crippen LogP contribution in [0, 0.1) is 20.8 Å². The summed E-state index contributed by atoms with van der Waals surface area (Å²) in [6, 6.07) is 17.9. The van der Waals surface area contributed by atoms with Crippen LogP contribution in [0.4, 0.5) is 11.5 Å². The maximum absolute atomic E-state index is 12.6. The molecule has 2 N–H and O–H groups in total. The topological polar surface area (TPSA) is 66.9 Å². The molecule has 5 heteroatoms. The Labute approximate surface area is 159 Å². The molecule has 0 radical (unpaired) electrons. The summed E-state index contributed by atoms with van der Waals surface area (Å²) in [4.78, 5) is 21.3. The number of nitrogens with zero attached hydrogens (tertiary/aromatic N) is 2. The lowest BCUT2D eigenvalue weighted by molar-refractivity contribution is 0.102. The van der Waals surface area contributed by atoms with Gasteiger partial charge in [0.2, 0.25) is 0 Å². The molecule has 5 nitrogen and oxygen atoms in total. The molecule has 0 spiro atoms. The SMILES string of the molecule is Cc1ccc(C)c(NC(=O)c2cc(NCCc3ccccc3)nc(C)n2)c1. The highest BCUT2D eigenvalue weighted by atomic mass is 16.1. The van der Waals surface area contributed by atoms with Gasteiger partial charge < -0.3 is 10.6 Å². The third-order valence-corrected chi connectivity index (χ3v) is 4.27. The Morgan fingerprint density at radius 3 is 2.52 bits per heavy atom. The minimum absolute atomic E-state index is 0.236. The normalized spacial score (nSPS) is 10.5. The van der Waals surface area contributed by atoms with Gasteiger partial charge in [-0.05, 0) is 49.9 Å². The van der Waals surface area contributed by atoms with Crippen LogP contribution in [0.5, 0.6) is 0 Å². The number of aryl methyl sites for hydroxylation is 3. The second-order valence-electron chi connectivity index (χ2n) is 6.62. The van der Waals surface area contributed by atoms with Gasteiger partial charge in [-0.3, -0.25) is 4.79 Å². The molecule has 1 heterocycles. The van der Waals surface area contributed by atoms with E-state index in [4.69, 9.17) is 0 Å². The van der Waals surface area contributed by atoms with Gasteiger partial charge in [0.25, 0.3) is 5.91 Å². The number of aromatic nitrogens is 2. The van der Waals surface area contributed by atoms with Gasteiger partial charge in [-0.2, -0.15) is 0 Å². The highest BCUT2D eigenvalue weighted by Gasteiger charge is 2.12. The second-order valence-corrected chi connectivity index (χ2v) is 6.62. The molecule has 0 aliphatic heterocycles. The summed E-state index contributed by atoms with van der Waals surface area (Å²) in [7, 11) is 0. The second kappa shape index (κ2) is 8.45. The van der Waals surface area contributed by atoms with Gasteiger partial charge in [0.15, 0.2) is 0 Å². The van der Waals surface area contributed by atoms with Gasteiger partial charge in [-0.15, -0.1) is 0 Å². The number of carbonyl (C=O) groups is 1. The Balaban J connectivity index is 1.68. The van der Waals surface area contributed by atoms with Crippen LogP contribution in [0.1, 0.15) is 33.0 Å². The van der Waals surface area contributed by atoms with E-state index in [2.05, 4.69) is 32.7 Å². The van der Waals surface area contributed by atoms with Crippen molar-refractivity contribution < 1.29 is 4.79 Å². The van der Waals surface area contributed by atoms with E-state index in [1.54, 1.807) is 13.0 Å². The largest absolute Gasteiger partial charge is 0.370 e. The first kappa shape index (κ1) is 18.6. The van der Waals surface area contributed by atoms with Gasteiger partial charge in [0, 0.05) is 18.3 Å². The smallest absolute Gasteiger partial charge is 0.274 e. The molecule has 0 aliphatic rings. The van der Waals surface area contributed by atoms with Crippen LogP contribution < -0.4 is 10.6 Å². The van der Waals surface area contributed by atoms with Crippen LogP contribution in [0.3, 0.4) is 0 Å². The molecule has 27 heavy (non-hydrogen) atoms. The van der Waals surface area contributed by atoms with E-state index in [-0.39, 0.29) is 5.91 Å². The number of nitrogens with one attached hydrogen (secondary N) is 2. The lowest BCUT2D eigenvalue weighted by Gasteiger charge is -2.11. The Morgan fingerprint density at radius 2 is 1.74 bits per heavy atom. The van der Waals surface area contributed by atoms with Crippen molar-refractivity contribution in [3.8, 4) is 0 Å². The zero-order chi connectivity index (χ0) is 19.2. The molecule has 0 bridgehead atoms. The van der Waals surface area contributed by atoms with Crippen molar-refractivity contribution >= 4 is 17.4 Å². The lowest BCUT2D eigenvalue weighted by atomic mass is 10.1. The number of hydrogen-bond donors (Lipinski definition) is 2. The van der Waals surface area contributed by atoms with Gasteiger partial charge in [0.1, 0.15) is 17.3 Å². The van der Waals surface area contributed by atoms with Crippen LogP contribution in [0.15, 0.2) is 54.6 Å². The third kappa shape index (κ3) is 5.14. The molecule has 0 fully saturated rings. The standard InChI is InChI=1S/C22H24N4O/c1-15-9-10-16(2)19(13-15)26-22(27)20-14-21(25-17(3)24-20)23-12-11-18-7-5-4-6-8-18/h4-10,13-14H,11-12H2,1-3H3,(H,26,27)(H,23,24,25). The molecule has 138 valence electrons. The molecule has 1 amide bonds. The predicted molar refractivity (Wildman–Crippen MR) is 109 cm³/mol. The summed E-state index contributed by atoms with van der Waals surface area (Å²) < 4.78 is 0. The summed E-state index contributed by atoms with van der Waals surface area (Å²) in [6.45, 7) is 6.49. The lowest BCUT2D eigenvalue weighted by Crippen LogP contribution is -2.17. The highest BCUT2D eigenvalue weighted by Crippen LogP contribution is 2.18. The molecule has 0 saturated heterocycles. The highest BCUT2D eigenvalue weighted by molar-refractivity contribution is 6.03. The van der Waals surface area contributed by atoms with Gasteiger partial charge in [-0.1, -0.05) is 42.5 Å². The maximum Gasteiger partial charge on any atom is 0.274 e. The molecule has 0 saturated carbocycles. The Bertz CT molecular complexity index is 938. The van der Waals surface area contributed by atoms with Crippen molar-refractivity contribution in [1.82, 2.24) is 9.97 Å². The number of benzene rings is 2. The van der Waals surface area contributed by atoms with Crippen molar-refractivity contribution in [3.05, 3.63) is 82.8 Å². The number of hydrogen-bond acceptors (Lipinski definition) is 4. The average Bonchev–Trinajstić information content (AvgIpc) is 2.65. The van der Waals surface area contributed by atoms with Crippen molar-refractivity contribution in [2.45, 2.75) is 27.2 Å². The quantitative estimate of drug-likeness (QED) is 0.687. The molecule has 0 atom stereocenters. The van der Waals surface area contributed by atoms with Crippen molar-refractivity contribution in [2.75, 3.05) is 17.2 Å². The molecule has 0 unspecified atom stereocenters. The van der Waals surface area contributed by atoms with E-state index >= 15 is 0 Å². The minimum atomic E-state index is -0.236. The van der Waals surface area contributed by atoms with E-state index in [9.17, 15) is 4.79 Å². The zero-order valence-electron chi connectivity index (χ0n) is 15.9. The molecular weight excluding hydrogens is 336 g/mol. The summed E-state index contributed by atoms with van der Waals surface area (Å²) in [6.07, 6.45) is 0.883. The molecule has 0 aliphatic carbocycles. The summed E-state index contributed by atoms with van der Waals surface area (Å²) >= 11 is 0. The fourth-order valence-electron chi connectivity index (χ4n) is 2.81. The van der Waals surface area contributed by atoms with E-state index in [0.29, 0.717) is 17.3 Å². The first-order valence-electron chi connectivity index (χ1n) is 9.03. The molecule has 3 aromatic rings. The maximum atomic E-state index is 12.6. The van der Waals surface area contributed by atoms with Crippen LogP contribution in [-0.2, 0) is 6.42 Å². The Morgan fingerprint density at radius 1 is 0.963 bits per heavy atom. The van der Waals surface area contributed by atoms with Gasteiger partial charge in [0.05, 0.1) is 0 Å². The third-order valence-electron chi connectivity index (χ3n) is 4.27. The zero-order valence-corrected chi connectivity index (χ0v) is 15.9. The molecule has 2 aromatic carbocycles. The number of amides is 1. The van der Waals surface area contributed by atoms with Crippen LogP contribution in [-0.4, -0.2) is 22.4 Å². The van der Waals surface area contributed by atoms with Gasteiger partial charge >= 0.3 is 0 Å². The first-order chi connectivity index (χ1) is 13.0. The number of rotatable bonds is 6. The fraction of sp³-hybridized carbons (Fsp3) is 0.227. The predicted octanol–water partition coefficient (Wildman–Crippen LogP) is 4.31. The van der Waals surface area contributed by atoms with Crippen molar-refractivity contribution in [2.24, 2.45) is 0 Å².